The lowest BCUT2D eigenvalue weighted by Crippen LogP contribution is -2.24. The van der Waals surface area contributed by atoms with Crippen LogP contribution >= 0.6 is 34.2 Å². The van der Waals surface area contributed by atoms with Gasteiger partial charge in [-0.3, -0.25) is 0 Å². The first kappa shape index (κ1) is 13.1. The number of hydrogen-bond donors (Lipinski definition) is 1. The molecule has 0 fully saturated rings. The minimum absolute atomic E-state index is 0.352. The van der Waals surface area contributed by atoms with Crippen molar-refractivity contribution in [2.45, 2.75) is 19.4 Å². The molecular formula is C11H15ClINO. The molecule has 0 bridgehead atoms. The highest BCUT2D eigenvalue weighted by Gasteiger charge is 2.07. The smallest absolute Gasteiger partial charge is 0.0663 e. The maximum atomic E-state index is 5.89. The van der Waals surface area contributed by atoms with Crippen LogP contribution in [0.4, 0.5) is 5.69 Å². The molecule has 0 saturated heterocycles. The molecule has 0 spiro atoms. The topological polar surface area (TPSA) is 21.3 Å². The number of methoxy groups -OCH3 is 1. The molecule has 0 radical (unpaired) electrons. The lowest BCUT2D eigenvalue weighted by atomic mass is 10.2. The monoisotopic (exact) mass is 339 g/mol. The minimum atomic E-state index is 0.352. The maximum Gasteiger partial charge on any atom is 0.0663 e. The molecule has 2 nitrogen and oxygen atoms in total. The number of nitrogens with one attached hydrogen (secondary N) is 1. The second-order valence-corrected chi connectivity index (χ2v) is 4.93. The fourth-order valence-electron chi connectivity index (χ4n) is 1.29. The molecule has 15 heavy (non-hydrogen) atoms. The second kappa shape index (κ2) is 6.55. The van der Waals surface area contributed by atoms with Crippen LogP contribution in [-0.4, -0.2) is 19.8 Å². The predicted octanol–water partition coefficient (Wildman–Crippen LogP) is 3.78. The highest BCUT2D eigenvalue weighted by molar-refractivity contribution is 14.1. The molecule has 0 saturated carbocycles. The van der Waals surface area contributed by atoms with Crippen molar-refractivity contribution in [2.24, 2.45) is 0 Å². The predicted molar refractivity (Wildman–Crippen MR) is 73.7 cm³/mol. The van der Waals surface area contributed by atoms with Crippen molar-refractivity contribution in [1.29, 1.82) is 0 Å². The molecule has 1 rings (SSSR count). The van der Waals surface area contributed by atoms with Gasteiger partial charge in [-0.15, -0.1) is 0 Å². The van der Waals surface area contributed by atoms with E-state index in [4.69, 9.17) is 16.3 Å². The van der Waals surface area contributed by atoms with Crippen LogP contribution in [0.5, 0.6) is 0 Å². The van der Waals surface area contributed by atoms with Gasteiger partial charge in [-0.05, 0) is 47.2 Å². The van der Waals surface area contributed by atoms with Crippen molar-refractivity contribution in [1.82, 2.24) is 0 Å². The summed E-state index contributed by atoms with van der Waals surface area (Å²) < 4.78 is 6.27. The summed E-state index contributed by atoms with van der Waals surface area (Å²) in [5.74, 6) is 0. The largest absolute Gasteiger partial charge is 0.383 e. The quantitative estimate of drug-likeness (QED) is 0.824. The van der Waals surface area contributed by atoms with Crippen LogP contribution in [0.2, 0.25) is 5.02 Å². The Bertz CT molecular complexity index is 319. The summed E-state index contributed by atoms with van der Waals surface area (Å²) in [5, 5.41) is 4.20. The minimum Gasteiger partial charge on any atom is -0.383 e. The molecule has 1 N–H and O–H groups in total. The highest BCUT2D eigenvalue weighted by atomic mass is 127. The summed E-state index contributed by atoms with van der Waals surface area (Å²) in [6.07, 6.45) is 1.03. The molecule has 0 heterocycles. The number of halogens is 2. The van der Waals surface area contributed by atoms with Crippen molar-refractivity contribution in [3.8, 4) is 0 Å². The van der Waals surface area contributed by atoms with Crippen molar-refractivity contribution < 1.29 is 4.74 Å². The molecule has 0 aliphatic rings. The van der Waals surface area contributed by atoms with Gasteiger partial charge in [0.1, 0.15) is 0 Å². The molecule has 0 aliphatic heterocycles. The summed E-state index contributed by atoms with van der Waals surface area (Å²) in [6.45, 7) is 2.86. The zero-order valence-corrected chi connectivity index (χ0v) is 11.8. The Hall–Kier alpha value is -0.000000000000000111. The maximum absolute atomic E-state index is 5.89. The lowest BCUT2D eigenvalue weighted by Gasteiger charge is -2.18. The van der Waals surface area contributed by atoms with Gasteiger partial charge in [0, 0.05) is 27.4 Å². The first-order chi connectivity index (χ1) is 7.17. The Morgan fingerprint density at radius 1 is 1.53 bits per heavy atom. The molecule has 0 aromatic heterocycles. The summed E-state index contributed by atoms with van der Waals surface area (Å²) in [6, 6.07) is 6.20. The molecule has 1 unspecified atom stereocenters. The number of benzene rings is 1. The Morgan fingerprint density at radius 3 is 2.80 bits per heavy atom. The highest BCUT2D eigenvalue weighted by Crippen LogP contribution is 2.23. The van der Waals surface area contributed by atoms with E-state index in [2.05, 4.69) is 34.8 Å². The van der Waals surface area contributed by atoms with Gasteiger partial charge < -0.3 is 10.1 Å². The van der Waals surface area contributed by atoms with Crippen molar-refractivity contribution >= 4 is 39.9 Å². The Balaban J connectivity index is 2.70. The van der Waals surface area contributed by atoms with Gasteiger partial charge in [-0.25, -0.2) is 0 Å². The average Bonchev–Trinajstić information content (AvgIpc) is 2.21. The van der Waals surface area contributed by atoms with Gasteiger partial charge in [-0.2, -0.15) is 0 Å². The Morgan fingerprint density at radius 2 is 2.27 bits per heavy atom. The van der Waals surface area contributed by atoms with Gasteiger partial charge in [0.05, 0.1) is 6.61 Å². The molecule has 0 amide bonds. The van der Waals surface area contributed by atoms with Gasteiger partial charge >= 0.3 is 0 Å². The molecular weight excluding hydrogens is 324 g/mol. The SMILES string of the molecule is CCC(COC)Nc1ccc(Cl)cc1I. The second-order valence-electron chi connectivity index (χ2n) is 3.33. The summed E-state index contributed by atoms with van der Waals surface area (Å²) in [5.41, 5.74) is 1.11. The average molecular weight is 340 g/mol. The number of rotatable bonds is 5. The number of anilines is 1. The van der Waals surface area contributed by atoms with Crippen LogP contribution < -0.4 is 5.32 Å². The van der Waals surface area contributed by atoms with Crippen molar-refractivity contribution in [3.63, 3.8) is 0 Å². The third-order valence-electron chi connectivity index (χ3n) is 2.15. The summed E-state index contributed by atoms with van der Waals surface area (Å²) >= 11 is 8.17. The van der Waals surface area contributed by atoms with E-state index in [0.29, 0.717) is 6.04 Å². The third-order valence-corrected chi connectivity index (χ3v) is 3.28. The van der Waals surface area contributed by atoms with E-state index in [1.54, 1.807) is 7.11 Å². The lowest BCUT2D eigenvalue weighted by molar-refractivity contribution is 0.184. The van der Waals surface area contributed by atoms with Crippen LogP contribution in [0.3, 0.4) is 0 Å². The fourth-order valence-corrected chi connectivity index (χ4v) is 2.32. The van der Waals surface area contributed by atoms with Crippen LogP contribution in [0.1, 0.15) is 13.3 Å². The first-order valence-electron chi connectivity index (χ1n) is 4.88. The molecule has 1 aromatic rings. The molecule has 0 aliphatic carbocycles. The van der Waals surface area contributed by atoms with Gasteiger partial charge in [-0.1, -0.05) is 18.5 Å². The van der Waals surface area contributed by atoms with Gasteiger partial charge in [0.15, 0.2) is 0 Å². The van der Waals surface area contributed by atoms with Gasteiger partial charge in [0.25, 0.3) is 0 Å². The standard InChI is InChI=1S/C11H15ClINO/c1-3-9(7-15-2)14-11-5-4-8(12)6-10(11)13/h4-6,9,14H,3,7H2,1-2H3. The van der Waals surface area contributed by atoms with E-state index < -0.39 is 0 Å². The summed E-state index contributed by atoms with van der Waals surface area (Å²) in [7, 11) is 1.72. The molecule has 1 aromatic carbocycles. The Labute approximate surface area is 109 Å². The number of hydrogen-bond acceptors (Lipinski definition) is 2. The molecule has 1 atom stereocenters. The molecule has 84 valence electrons. The van der Waals surface area contributed by atoms with E-state index in [-0.39, 0.29) is 0 Å². The van der Waals surface area contributed by atoms with Crippen LogP contribution in [-0.2, 0) is 4.74 Å². The summed E-state index contributed by atoms with van der Waals surface area (Å²) in [4.78, 5) is 0. The zero-order chi connectivity index (χ0) is 11.3. The van der Waals surface area contributed by atoms with E-state index in [1.165, 1.54) is 0 Å². The molecule has 4 heteroatoms. The van der Waals surface area contributed by atoms with Crippen LogP contribution in [0.15, 0.2) is 18.2 Å². The van der Waals surface area contributed by atoms with Crippen molar-refractivity contribution in [3.05, 3.63) is 26.8 Å². The van der Waals surface area contributed by atoms with E-state index >= 15 is 0 Å². The van der Waals surface area contributed by atoms with E-state index in [0.717, 1.165) is 27.3 Å². The van der Waals surface area contributed by atoms with E-state index in [9.17, 15) is 0 Å². The van der Waals surface area contributed by atoms with Crippen molar-refractivity contribution in [2.75, 3.05) is 19.0 Å². The van der Waals surface area contributed by atoms with Gasteiger partial charge in [0.2, 0.25) is 0 Å². The third kappa shape index (κ3) is 4.17. The van der Waals surface area contributed by atoms with Crippen LogP contribution in [0, 0.1) is 3.57 Å². The van der Waals surface area contributed by atoms with E-state index in [1.807, 2.05) is 18.2 Å². The Kier molecular flexibility index (Phi) is 5.71. The van der Waals surface area contributed by atoms with Crippen LogP contribution in [0.25, 0.3) is 0 Å². The zero-order valence-electron chi connectivity index (χ0n) is 8.89. The first-order valence-corrected chi connectivity index (χ1v) is 6.33. The number of ether oxygens (including phenoxy) is 1. The fraction of sp³-hybridized carbons (Fsp3) is 0.455. The normalized spacial score (nSPS) is 12.5.